The van der Waals surface area contributed by atoms with E-state index in [1.54, 1.807) is 48.5 Å². The number of benzene rings is 2. The lowest BCUT2D eigenvalue weighted by molar-refractivity contribution is -0.142. The Kier molecular flexibility index (Phi) is 7.95. The van der Waals surface area contributed by atoms with Gasteiger partial charge < -0.3 is 10.1 Å². The average Bonchev–Trinajstić information content (AvgIpc) is 2.70. The second kappa shape index (κ2) is 10.4. The predicted molar refractivity (Wildman–Crippen MR) is 108 cm³/mol. The van der Waals surface area contributed by atoms with Gasteiger partial charge in [0.2, 0.25) is 5.91 Å². The summed E-state index contributed by atoms with van der Waals surface area (Å²) in [6.45, 7) is 0.966. The summed E-state index contributed by atoms with van der Waals surface area (Å²) in [6.07, 6.45) is 1.79. The van der Waals surface area contributed by atoms with Crippen molar-refractivity contribution in [3.63, 3.8) is 0 Å². The Labute approximate surface area is 167 Å². The molecule has 0 spiro atoms. The van der Waals surface area contributed by atoms with Crippen LogP contribution in [-0.4, -0.2) is 36.3 Å². The zero-order chi connectivity index (χ0) is 20.5. The number of esters is 1. The van der Waals surface area contributed by atoms with Crippen molar-refractivity contribution in [1.82, 2.24) is 0 Å². The van der Waals surface area contributed by atoms with Gasteiger partial charge >= 0.3 is 5.97 Å². The molecule has 2 aromatic rings. The number of rotatable bonds is 9. The van der Waals surface area contributed by atoms with Crippen molar-refractivity contribution in [3.8, 4) is 0 Å². The van der Waals surface area contributed by atoms with Crippen molar-refractivity contribution < 1.29 is 23.9 Å². The number of ether oxygens (including phenoxy) is 1. The molecule has 0 aliphatic heterocycles. The fourth-order valence-corrected chi connectivity index (χ4v) is 2.99. The molecule has 0 aromatic heterocycles. The largest absolute Gasteiger partial charge is 0.457 e. The van der Waals surface area contributed by atoms with E-state index in [4.69, 9.17) is 4.74 Å². The van der Waals surface area contributed by atoms with E-state index in [1.165, 1.54) is 18.7 Å². The molecule has 28 heavy (non-hydrogen) atoms. The summed E-state index contributed by atoms with van der Waals surface area (Å²) in [5.41, 5.74) is 1.39. The Morgan fingerprint density at radius 3 is 2.29 bits per heavy atom. The third-order valence-electron chi connectivity index (χ3n) is 3.85. The maximum absolute atomic E-state index is 12.3. The van der Waals surface area contributed by atoms with Gasteiger partial charge in [-0.1, -0.05) is 36.4 Å². The first kappa shape index (κ1) is 21.4. The standard InChI is InChI=1S/C21H21NO5S/c1-14(23)22-17-12-16(8-10-20(17)28-2)19(25)13-27-21(26)11-9-18(24)15-6-4-3-5-7-15/h3-8,10,12H,9,11,13H2,1-2H3,(H,22,23). The summed E-state index contributed by atoms with van der Waals surface area (Å²) in [6, 6.07) is 13.6. The zero-order valence-electron chi connectivity index (χ0n) is 15.7. The number of carbonyl (C=O) groups excluding carboxylic acids is 4. The first-order valence-corrected chi connectivity index (χ1v) is 9.86. The monoisotopic (exact) mass is 399 g/mol. The van der Waals surface area contributed by atoms with Crippen molar-refractivity contribution in [3.05, 3.63) is 59.7 Å². The lowest BCUT2D eigenvalue weighted by Gasteiger charge is -2.10. The lowest BCUT2D eigenvalue weighted by Crippen LogP contribution is -2.15. The highest BCUT2D eigenvalue weighted by molar-refractivity contribution is 7.98. The van der Waals surface area contributed by atoms with Gasteiger partial charge in [-0.3, -0.25) is 19.2 Å². The molecule has 146 valence electrons. The Hall–Kier alpha value is -2.93. The molecule has 0 heterocycles. The predicted octanol–water partition coefficient (Wildman–Crippen LogP) is 3.76. The number of nitrogens with one attached hydrogen (secondary N) is 1. The van der Waals surface area contributed by atoms with Crippen LogP contribution in [0.1, 0.15) is 40.5 Å². The third kappa shape index (κ3) is 6.35. The van der Waals surface area contributed by atoms with Gasteiger partial charge in [0, 0.05) is 29.4 Å². The topological polar surface area (TPSA) is 89.5 Å². The van der Waals surface area contributed by atoms with Crippen LogP contribution in [0.2, 0.25) is 0 Å². The lowest BCUT2D eigenvalue weighted by atomic mass is 10.1. The molecule has 0 unspecified atom stereocenters. The molecule has 2 aromatic carbocycles. The first-order chi connectivity index (χ1) is 13.4. The molecule has 0 fully saturated rings. The highest BCUT2D eigenvalue weighted by Crippen LogP contribution is 2.26. The number of carbonyl (C=O) groups is 4. The highest BCUT2D eigenvalue weighted by atomic mass is 32.2. The van der Waals surface area contributed by atoms with Crippen molar-refractivity contribution in [2.75, 3.05) is 18.2 Å². The molecule has 0 aliphatic rings. The summed E-state index contributed by atoms with van der Waals surface area (Å²) in [7, 11) is 0. The third-order valence-corrected chi connectivity index (χ3v) is 4.64. The van der Waals surface area contributed by atoms with E-state index in [0.717, 1.165) is 4.90 Å². The molecule has 0 bridgehead atoms. The van der Waals surface area contributed by atoms with Gasteiger partial charge in [0.25, 0.3) is 0 Å². The van der Waals surface area contributed by atoms with Crippen LogP contribution >= 0.6 is 11.8 Å². The van der Waals surface area contributed by atoms with Crippen LogP contribution in [0, 0.1) is 0 Å². The van der Waals surface area contributed by atoms with Gasteiger partial charge in [0.1, 0.15) is 0 Å². The number of ketones is 2. The second-order valence-electron chi connectivity index (χ2n) is 5.97. The minimum Gasteiger partial charge on any atom is -0.457 e. The Morgan fingerprint density at radius 1 is 0.929 bits per heavy atom. The van der Waals surface area contributed by atoms with Gasteiger partial charge in [-0.15, -0.1) is 11.8 Å². The molecule has 7 heteroatoms. The van der Waals surface area contributed by atoms with Gasteiger partial charge in [-0.05, 0) is 18.4 Å². The van der Waals surface area contributed by atoms with E-state index in [2.05, 4.69) is 5.32 Å². The molecule has 0 aliphatic carbocycles. The number of thioether (sulfide) groups is 1. The van der Waals surface area contributed by atoms with E-state index in [0.29, 0.717) is 16.8 Å². The maximum Gasteiger partial charge on any atom is 0.306 e. The van der Waals surface area contributed by atoms with E-state index in [9.17, 15) is 19.2 Å². The smallest absolute Gasteiger partial charge is 0.306 e. The molecule has 2 rings (SSSR count). The minimum absolute atomic E-state index is 0.0200. The number of Topliss-reactive ketones (excluding diaryl/α,β-unsaturated/α-hetero) is 2. The summed E-state index contributed by atoms with van der Waals surface area (Å²) in [4.78, 5) is 48.2. The van der Waals surface area contributed by atoms with Crippen LogP contribution in [-0.2, 0) is 14.3 Å². The molecule has 0 atom stereocenters. The van der Waals surface area contributed by atoms with Crippen LogP contribution in [0.25, 0.3) is 0 Å². The van der Waals surface area contributed by atoms with Gasteiger partial charge in [0.15, 0.2) is 18.2 Å². The summed E-state index contributed by atoms with van der Waals surface area (Å²) in [5.74, 6) is -1.40. The first-order valence-electron chi connectivity index (χ1n) is 8.63. The van der Waals surface area contributed by atoms with E-state index >= 15 is 0 Å². The number of anilines is 1. The Morgan fingerprint density at radius 2 is 1.64 bits per heavy atom. The number of hydrogen-bond acceptors (Lipinski definition) is 6. The molecule has 1 amide bonds. The molecule has 1 N–H and O–H groups in total. The SMILES string of the molecule is CSc1ccc(C(=O)COC(=O)CCC(=O)c2ccccc2)cc1NC(C)=O. The minimum atomic E-state index is -0.611. The molecular weight excluding hydrogens is 378 g/mol. The highest BCUT2D eigenvalue weighted by Gasteiger charge is 2.14. The van der Waals surface area contributed by atoms with Crippen molar-refractivity contribution >= 4 is 40.9 Å². The Bertz CT molecular complexity index is 880. The zero-order valence-corrected chi connectivity index (χ0v) is 16.5. The fourth-order valence-electron chi connectivity index (χ4n) is 2.45. The van der Waals surface area contributed by atoms with Crippen molar-refractivity contribution in [2.24, 2.45) is 0 Å². The summed E-state index contributed by atoms with van der Waals surface area (Å²) < 4.78 is 4.99. The van der Waals surface area contributed by atoms with E-state index in [-0.39, 0.29) is 30.3 Å². The summed E-state index contributed by atoms with van der Waals surface area (Å²) in [5, 5.41) is 2.68. The molecule has 0 radical (unpaired) electrons. The number of amides is 1. The van der Waals surface area contributed by atoms with Crippen molar-refractivity contribution in [1.29, 1.82) is 0 Å². The molecule has 0 saturated heterocycles. The van der Waals surface area contributed by atoms with Crippen LogP contribution < -0.4 is 5.32 Å². The van der Waals surface area contributed by atoms with Crippen LogP contribution in [0.5, 0.6) is 0 Å². The normalized spacial score (nSPS) is 10.2. The maximum atomic E-state index is 12.3. The van der Waals surface area contributed by atoms with E-state index in [1.807, 2.05) is 6.26 Å². The number of hydrogen-bond donors (Lipinski definition) is 1. The van der Waals surface area contributed by atoms with Crippen LogP contribution in [0.4, 0.5) is 5.69 Å². The van der Waals surface area contributed by atoms with Gasteiger partial charge in [0.05, 0.1) is 12.1 Å². The fraction of sp³-hybridized carbons (Fsp3) is 0.238. The van der Waals surface area contributed by atoms with E-state index < -0.39 is 12.6 Å². The van der Waals surface area contributed by atoms with Gasteiger partial charge in [-0.25, -0.2) is 0 Å². The van der Waals surface area contributed by atoms with Crippen LogP contribution in [0.15, 0.2) is 53.4 Å². The molecule has 0 saturated carbocycles. The quantitative estimate of drug-likeness (QED) is 0.392. The van der Waals surface area contributed by atoms with Crippen molar-refractivity contribution in [2.45, 2.75) is 24.7 Å². The Balaban J connectivity index is 1.88. The van der Waals surface area contributed by atoms with Crippen LogP contribution in [0.3, 0.4) is 0 Å². The average molecular weight is 399 g/mol. The summed E-state index contributed by atoms with van der Waals surface area (Å²) >= 11 is 1.44. The van der Waals surface area contributed by atoms with Gasteiger partial charge in [-0.2, -0.15) is 0 Å². The second-order valence-corrected chi connectivity index (χ2v) is 6.82. The molecular formula is C21H21NO5S. The molecule has 6 nitrogen and oxygen atoms in total.